The number of rotatable bonds is 6. The number of hydrogen-bond acceptors (Lipinski definition) is 5. The quantitative estimate of drug-likeness (QED) is 0.797. The predicted octanol–water partition coefficient (Wildman–Crippen LogP) is 1.57. The largest absolute Gasteiger partial charge is 0.391 e. The zero-order valence-electron chi connectivity index (χ0n) is 10.7. The fourth-order valence-corrected chi connectivity index (χ4v) is 5.51. The van der Waals surface area contributed by atoms with Crippen LogP contribution < -0.4 is 4.72 Å². The van der Waals surface area contributed by atoms with Crippen LogP contribution in [0.4, 0.5) is 0 Å². The molecule has 0 spiro atoms. The van der Waals surface area contributed by atoms with E-state index in [0.717, 1.165) is 0 Å². The molecule has 0 aromatic carbocycles. The molecule has 2 N–H and O–H groups in total. The van der Waals surface area contributed by atoms with Gasteiger partial charge in [-0.3, -0.25) is 0 Å². The number of thiophene rings is 1. The standard InChI is InChI=1S/C11H14BrN3O3S2/c1-8(5-15-3-2-13-7-15)14-20(17,18)10-4-9(6-16)19-11(10)12/h2-4,7-8,14,16H,5-6H2,1H3. The van der Waals surface area contributed by atoms with Gasteiger partial charge in [0.15, 0.2) is 0 Å². The Morgan fingerprint density at radius 2 is 2.35 bits per heavy atom. The summed E-state index contributed by atoms with van der Waals surface area (Å²) in [4.78, 5) is 4.66. The Morgan fingerprint density at radius 1 is 1.60 bits per heavy atom. The molecule has 0 aliphatic carbocycles. The van der Waals surface area contributed by atoms with Crippen molar-refractivity contribution in [3.63, 3.8) is 0 Å². The number of sulfonamides is 1. The number of nitrogens with zero attached hydrogens (tertiary/aromatic N) is 2. The molecular weight excluding hydrogens is 366 g/mol. The van der Waals surface area contributed by atoms with Crippen LogP contribution in [0.2, 0.25) is 0 Å². The Hall–Kier alpha value is -0.740. The number of halogens is 1. The van der Waals surface area contributed by atoms with Crippen molar-refractivity contribution in [1.82, 2.24) is 14.3 Å². The third kappa shape index (κ3) is 3.67. The molecule has 1 unspecified atom stereocenters. The zero-order chi connectivity index (χ0) is 14.8. The highest BCUT2D eigenvalue weighted by atomic mass is 79.9. The summed E-state index contributed by atoms with van der Waals surface area (Å²) < 4.78 is 29.5. The second kappa shape index (κ2) is 6.35. The Bertz CT molecular complexity index is 667. The molecule has 0 saturated carbocycles. The Kier molecular flexibility index (Phi) is 4.97. The fourth-order valence-electron chi connectivity index (χ4n) is 1.74. The van der Waals surface area contributed by atoms with Crippen molar-refractivity contribution >= 4 is 37.3 Å². The number of imidazole rings is 1. The van der Waals surface area contributed by atoms with Crippen molar-refractivity contribution in [2.75, 3.05) is 0 Å². The fraction of sp³-hybridized carbons (Fsp3) is 0.364. The van der Waals surface area contributed by atoms with Crippen LogP contribution in [-0.4, -0.2) is 29.1 Å². The maximum atomic E-state index is 12.3. The molecule has 2 rings (SSSR count). The van der Waals surface area contributed by atoms with Crippen molar-refractivity contribution in [2.45, 2.75) is 31.0 Å². The van der Waals surface area contributed by atoms with Crippen LogP contribution in [0.1, 0.15) is 11.8 Å². The average Bonchev–Trinajstić information content (AvgIpc) is 2.97. The van der Waals surface area contributed by atoms with Crippen LogP contribution in [0.3, 0.4) is 0 Å². The lowest BCUT2D eigenvalue weighted by atomic mass is 10.4. The first kappa shape index (κ1) is 15.6. The summed E-state index contributed by atoms with van der Waals surface area (Å²) in [7, 11) is -3.61. The summed E-state index contributed by atoms with van der Waals surface area (Å²) in [5.74, 6) is 0. The molecule has 9 heteroatoms. The third-order valence-electron chi connectivity index (χ3n) is 2.55. The van der Waals surface area contributed by atoms with Crippen molar-refractivity contribution < 1.29 is 13.5 Å². The molecule has 6 nitrogen and oxygen atoms in total. The topological polar surface area (TPSA) is 84.2 Å². The first-order valence-corrected chi connectivity index (χ1v) is 8.89. The maximum Gasteiger partial charge on any atom is 0.242 e. The summed E-state index contributed by atoms with van der Waals surface area (Å²) in [6, 6.07) is 1.19. The summed E-state index contributed by atoms with van der Waals surface area (Å²) >= 11 is 4.42. The first-order chi connectivity index (χ1) is 9.42. The molecule has 2 aromatic heterocycles. The molecule has 0 amide bonds. The molecule has 0 saturated heterocycles. The van der Waals surface area contributed by atoms with Crippen LogP contribution in [0.15, 0.2) is 33.5 Å². The minimum absolute atomic E-state index is 0.157. The van der Waals surface area contributed by atoms with E-state index in [2.05, 4.69) is 25.6 Å². The van der Waals surface area contributed by atoms with Gasteiger partial charge in [-0.05, 0) is 28.9 Å². The number of hydrogen-bond donors (Lipinski definition) is 2. The smallest absolute Gasteiger partial charge is 0.242 e. The van der Waals surface area contributed by atoms with E-state index in [-0.39, 0.29) is 17.5 Å². The van der Waals surface area contributed by atoms with Crippen molar-refractivity contribution in [2.24, 2.45) is 0 Å². The monoisotopic (exact) mass is 379 g/mol. The van der Waals surface area contributed by atoms with Crippen LogP contribution in [0, 0.1) is 0 Å². The maximum absolute atomic E-state index is 12.3. The molecule has 1 atom stereocenters. The molecule has 2 aromatic rings. The molecule has 2 heterocycles. The number of aromatic nitrogens is 2. The molecule has 0 bridgehead atoms. The summed E-state index contributed by atoms with van der Waals surface area (Å²) in [5, 5.41) is 9.06. The van der Waals surface area contributed by atoms with Gasteiger partial charge in [0.25, 0.3) is 0 Å². The summed E-state index contributed by atoms with van der Waals surface area (Å²) in [6.07, 6.45) is 5.05. The number of nitrogens with one attached hydrogen (secondary N) is 1. The summed E-state index contributed by atoms with van der Waals surface area (Å²) in [5.41, 5.74) is 0. The van der Waals surface area contributed by atoms with E-state index in [0.29, 0.717) is 15.2 Å². The molecule has 0 fully saturated rings. The van der Waals surface area contributed by atoms with Crippen LogP contribution in [0.25, 0.3) is 0 Å². The second-order valence-corrected chi connectivity index (χ2v) is 8.43. The lowest BCUT2D eigenvalue weighted by Crippen LogP contribution is -2.35. The number of aliphatic hydroxyl groups is 1. The van der Waals surface area contributed by atoms with E-state index in [4.69, 9.17) is 5.11 Å². The van der Waals surface area contributed by atoms with Gasteiger partial charge in [-0.1, -0.05) is 0 Å². The molecule has 0 radical (unpaired) electrons. The van der Waals surface area contributed by atoms with E-state index in [1.807, 2.05) is 0 Å². The van der Waals surface area contributed by atoms with E-state index < -0.39 is 10.0 Å². The minimum atomic E-state index is -3.61. The van der Waals surface area contributed by atoms with Crippen LogP contribution in [-0.2, 0) is 23.2 Å². The van der Waals surface area contributed by atoms with Crippen molar-refractivity contribution in [3.8, 4) is 0 Å². The number of aliphatic hydroxyl groups excluding tert-OH is 1. The lowest BCUT2D eigenvalue weighted by molar-refractivity contribution is 0.285. The molecular formula is C11H14BrN3O3S2. The molecule has 0 aliphatic heterocycles. The van der Waals surface area contributed by atoms with Gasteiger partial charge in [0, 0.05) is 29.9 Å². The van der Waals surface area contributed by atoms with Gasteiger partial charge in [-0.2, -0.15) is 0 Å². The SMILES string of the molecule is CC(Cn1ccnc1)NS(=O)(=O)c1cc(CO)sc1Br. The van der Waals surface area contributed by atoms with Crippen LogP contribution in [0.5, 0.6) is 0 Å². The van der Waals surface area contributed by atoms with Gasteiger partial charge < -0.3 is 9.67 Å². The van der Waals surface area contributed by atoms with Crippen LogP contribution >= 0.6 is 27.3 Å². The van der Waals surface area contributed by atoms with Gasteiger partial charge in [0.05, 0.1) is 16.7 Å². The van der Waals surface area contributed by atoms with Crippen molar-refractivity contribution in [3.05, 3.63) is 33.5 Å². The van der Waals surface area contributed by atoms with Gasteiger partial charge >= 0.3 is 0 Å². The highest BCUT2D eigenvalue weighted by Crippen LogP contribution is 2.31. The van der Waals surface area contributed by atoms with Gasteiger partial charge in [-0.15, -0.1) is 11.3 Å². The van der Waals surface area contributed by atoms with Gasteiger partial charge in [0.2, 0.25) is 10.0 Å². The van der Waals surface area contributed by atoms with E-state index >= 15 is 0 Å². The average molecular weight is 380 g/mol. The predicted molar refractivity (Wildman–Crippen MR) is 80.0 cm³/mol. The first-order valence-electron chi connectivity index (χ1n) is 5.79. The molecule has 20 heavy (non-hydrogen) atoms. The molecule has 110 valence electrons. The second-order valence-electron chi connectivity index (χ2n) is 4.29. The Balaban J connectivity index is 2.12. The van der Waals surface area contributed by atoms with E-state index in [9.17, 15) is 8.42 Å². The highest BCUT2D eigenvalue weighted by Gasteiger charge is 2.22. The zero-order valence-corrected chi connectivity index (χ0v) is 13.9. The molecule has 0 aliphatic rings. The Morgan fingerprint density at radius 3 is 2.90 bits per heavy atom. The summed E-state index contributed by atoms with van der Waals surface area (Å²) in [6.45, 7) is 2.10. The highest BCUT2D eigenvalue weighted by molar-refractivity contribution is 9.11. The van der Waals surface area contributed by atoms with Gasteiger partial charge in [0.1, 0.15) is 4.90 Å². The van der Waals surface area contributed by atoms with Crippen molar-refractivity contribution in [1.29, 1.82) is 0 Å². The normalized spacial score (nSPS) is 13.6. The van der Waals surface area contributed by atoms with Gasteiger partial charge in [-0.25, -0.2) is 18.1 Å². The van der Waals surface area contributed by atoms with E-state index in [1.165, 1.54) is 17.4 Å². The minimum Gasteiger partial charge on any atom is -0.391 e. The lowest BCUT2D eigenvalue weighted by Gasteiger charge is -2.14. The Labute approximate surface area is 129 Å². The third-order valence-corrected chi connectivity index (χ3v) is 6.38. The van der Waals surface area contributed by atoms with E-state index in [1.54, 1.807) is 30.2 Å².